The van der Waals surface area contributed by atoms with Crippen molar-refractivity contribution in [2.45, 2.75) is 0 Å². The molecule has 0 atom stereocenters. The van der Waals surface area contributed by atoms with E-state index in [2.05, 4.69) is 11.9 Å². The molecule has 1 aliphatic rings. The number of piperazine rings is 1. The van der Waals surface area contributed by atoms with Crippen molar-refractivity contribution in [1.29, 1.82) is 0 Å². The second-order valence-electron chi connectivity index (χ2n) is 4.30. The van der Waals surface area contributed by atoms with Crippen molar-refractivity contribution in [2.75, 3.05) is 39.0 Å². The summed E-state index contributed by atoms with van der Waals surface area (Å²) in [6.45, 7) is 3.26. The van der Waals surface area contributed by atoms with Gasteiger partial charge in [-0.15, -0.1) is 0 Å². The Bertz CT molecular complexity index is 428. The maximum absolute atomic E-state index is 12.2. The Labute approximate surface area is 106 Å². The van der Waals surface area contributed by atoms with E-state index >= 15 is 0 Å². The minimum absolute atomic E-state index is 0.0295. The molecule has 17 heavy (non-hydrogen) atoms. The van der Waals surface area contributed by atoms with Gasteiger partial charge in [-0.1, -0.05) is 17.7 Å². The standard InChI is InChI=1S/C12H16ClN3O/c1-15-5-7-16(8-6-15)12(17)9-3-2-4-10(13)11(9)14/h2-4H,5-8,14H2,1H3. The number of nitrogens with two attached hydrogens (primary N) is 1. The summed E-state index contributed by atoms with van der Waals surface area (Å²) in [6, 6.07) is 5.17. The molecule has 4 nitrogen and oxygen atoms in total. The normalized spacial score (nSPS) is 17.2. The van der Waals surface area contributed by atoms with E-state index in [-0.39, 0.29) is 5.91 Å². The molecule has 0 saturated carbocycles. The fraction of sp³-hybridized carbons (Fsp3) is 0.417. The number of carbonyl (C=O) groups is 1. The number of para-hydroxylation sites is 1. The van der Waals surface area contributed by atoms with Crippen LogP contribution in [0.15, 0.2) is 18.2 Å². The quantitative estimate of drug-likeness (QED) is 0.768. The van der Waals surface area contributed by atoms with E-state index in [0.717, 1.165) is 26.2 Å². The maximum atomic E-state index is 12.2. The Balaban J connectivity index is 2.17. The van der Waals surface area contributed by atoms with Gasteiger partial charge in [0.15, 0.2) is 0 Å². The van der Waals surface area contributed by atoms with Crippen LogP contribution in [0.25, 0.3) is 0 Å². The van der Waals surface area contributed by atoms with Gasteiger partial charge in [0.05, 0.1) is 16.3 Å². The molecule has 1 saturated heterocycles. The highest BCUT2D eigenvalue weighted by Gasteiger charge is 2.22. The molecular formula is C12H16ClN3O. The van der Waals surface area contributed by atoms with Crippen LogP contribution in [0, 0.1) is 0 Å². The smallest absolute Gasteiger partial charge is 0.256 e. The second kappa shape index (κ2) is 4.94. The average Bonchev–Trinajstić information content (AvgIpc) is 2.33. The summed E-state index contributed by atoms with van der Waals surface area (Å²) in [5.41, 5.74) is 6.70. The van der Waals surface area contributed by atoms with Crippen molar-refractivity contribution in [3.05, 3.63) is 28.8 Å². The SMILES string of the molecule is CN1CCN(C(=O)c2cccc(Cl)c2N)CC1. The maximum Gasteiger partial charge on any atom is 0.256 e. The first-order valence-electron chi connectivity index (χ1n) is 5.61. The summed E-state index contributed by atoms with van der Waals surface area (Å²) in [7, 11) is 2.05. The van der Waals surface area contributed by atoms with E-state index in [1.807, 2.05) is 4.90 Å². The van der Waals surface area contributed by atoms with Gasteiger partial charge in [0.1, 0.15) is 0 Å². The van der Waals surface area contributed by atoms with E-state index < -0.39 is 0 Å². The summed E-state index contributed by atoms with van der Waals surface area (Å²) < 4.78 is 0. The van der Waals surface area contributed by atoms with Crippen LogP contribution >= 0.6 is 11.6 Å². The van der Waals surface area contributed by atoms with Gasteiger partial charge in [-0.2, -0.15) is 0 Å². The van der Waals surface area contributed by atoms with E-state index in [4.69, 9.17) is 17.3 Å². The topological polar surface area (TPSA) is 49.6 Å². The van der Waals surface area contributed by atoms with Crippen LogP contribution in [-0.4, -0.2) is 48.9 Å². The Morgan fingerprint density at radius 3 is 2.59 bits per heavy atom. The first-order valence-corrected chi connectivity index (χ1v) is 5.99. The van der Waals surface area contributed by atoms with Crippen LogP contribution in [0.5, 0.6) is 0 Å². The van der Waals surface area contributed by atoms with Crippen molar-refractivity contribution in [1.82, 2.24) is 9.80 Å². The van der Waals surface area contributed by atoms with E-state index in [9.17, 15) is 4.79 Å². The zero-order valence-electron chi connectivity index (χ0n) is 9.82. The number of nitrogen functional groups attached to an aromatic ring is 1. The molecule has 2 N–H and O–H groups in total. The van der Waals surface area contributed by atoms with Gasteiger partial charge in [0.2, 0.25) is 0 Å². The van der Waals surface area contributed by atoms with Crippen LogP contribution in [-0.2, 0) is 0 Å². The largest absolute Gasteiger partial charge is 0.397 e. The molecule has 0 radical (unpaired) electrons. The van der Waals surface area contributed by atoms with Crippen LogP contribution < -0.4 is 5.73 Å². The van der Waals surface area contributed by atoms with Gasteiger partial charge in [-0.05, 0) is 19.2 Å². The van der Waals surface area contributed by atoms with Crippen molar-refractivity contribution < 1.29 is 4.79 Å². The highest BCUT2D eigenvalue weighted by molar-refractivity contribution is 6.33. The van der Waals surface area contributed by atoms with Crippen molar-refractivity contribution in [2.24, 2.45) is 0 Å². The molecule has 1 fully saturated rings. The average molecular weight is 254 g/mol. The van der Waals surface area contributed by atoms with Crippen LogP contribution in [0.1, 0.15) is 10.4 Å². The molecular weight excluding hydrogens is 238 g/mol. The van der Waals surface area contributed by atoms with Gasteiger partial charge in [-0.25, -0.2) is 0 Å². The number of likely N-dealkylation sites (N-methyl/N-ethyl adjacent to an activating group) is 1. The molecule has 1 aliphatic heterocycles. The molecule has 0 unspecified atom stereocenters. The van der Waals surface area contributed by atoms with Crippen LogP contribution in [0.3, 0.4) is 0 Å². The first kappa shape index (κ1) is 12.2. The number of benzene rings is 1. The number of carbonyl (C=O) groups excluding carboxylic acids is 1. The Morgan fingerprint density at radius 1 is 1.29 bits per heavy atom. The van der Waals surface area contributed by atoms with E-state index in [1.54, 1.807) is 18.2 Å². The lowest BCUT2D eigenvalue weighted by Crippen LogP contribution is -2.47. The van der Waals surface area contributed by atoms with Crippen molar-refractivity contribution >= 4 is 23.2 Å². The van der Waals surface area contributed by atoms with Crippen molar-refractivity contribution in [3.8, 4) is 0 Å². The van der Waals surface area contributed by atoms with Crippen LogP contribution in [0.4, 0.5) is 5.69 Å². The third-order valence-corrected chi connectivity index (χ3v) is 3.40. The van der Waals surface area contributed by atoms with Gasteiger partial charge >= 0.3 is 0 Å². The molecule has 0 aromatic heterocycles. The number of hydrogen-bond donors (Lipinski definition) is 1. The highest BCUT2D eigenvalue weighted by Crippen LogP contribution is 2.23. The lowest BCUT2D eigenvalue weighted by atomic mass is 10.1. The van der Waals surface area contributed by atoms with Gasteiger partial charge < -0.3 is 15.5 Å². The second-order valence-corrected chi connectivity index (χ2v) is 4.70. The zero-order chi connectivity index (χ0) is 12.4. The van der Waals surface area contributed by atoms with Gasteiger partial charge in [0.25, 0.3) is 5.91 Å². The molecule has 92 valence electrons. The molecule has 1 heterocycles. The Hall–Kier alpha value is -1.26. The molecule has 0 aliphatic carbocycles. The number of amides is 1. The van der Waals surface area contributed by atoms with Crippen LogP contribution in [0.2, 0.25) is 5.02 Å². The molecule has 0 spiro atoms. The molecule has 1 aromatic rings. The Kier molecular flexibility index (Phi) is 3.54. The monoisotopic (exact) mass is 253 g/mol. The third-order valence-electron chi connectivity index (χ3n) is 3.07. The predicted molar refractivity (Wildman–Crippen MR) is 69.3 cm³/mol. The number of rotatable bonds is 1. The molecule has 5 heteroatoms. The Morgan fingerprint density at radius 2 is 1.94 bits per heavy atom. The minimum atomic E-state index is -0.0295. The molecule has 1 amide bonds. The zero-order valence-corrected chi connectivity index (χ0v) is 10.6. The molecule has 0 bridgehead atoms. The van der Waals surface area contributed by atoms with Gasteiger partial charge in [0, 0.05) is 26.2 Å². The lowest BCUT2D eigenvalue weighted by molar-refractivity contribution is 0.0665. The summed E-state index contributed by atoms with van der Waals surface area (Å²) in [5.74, 6) is -0.0295. The summed E-state index contributed by atoms with van der Waals surface area (Å²) in [5, 5.41) is 0.435. The first-order chi connectivity index (χ1) is 8.09. The number of nitrogens with zero attached hydrogens (tertiary/aromatic N) is 2. The molecule has 1 aromatic carbocycles. The molecule has 2 rings (SSSR count). The summed E-state index contributed by atoms with van der Waals surface area (Å²) >= 11 is 5.92. The number of anilines is 1. The van der Waals surface area contributed by atoms with E-state index in [1.165, 1.54) is 0 Å². The highest BCUT2D eigenvalue weighted by atomic mass is 35.5. The number of halogens is 1. The number of hydrogen-bond acceptors (Lipinski definition) is 3. The summed E-state index contributed by atoms with van der Waals surface area (Å²) in [4.78, 5) is 16.3. The lowest BCUT2D eigenvalue weighted by Gasteiger charge is -2.32. The fourth-order valence-electron chi connectivity index (χ4n) is 1.90. The van der Waals surface area contributed by atoms with E-state index in [0.29, 0.717) is 16.3 Å². The fourth-order valence-corrected chi connectivity index (χ4v) is 2.08. The van der Waals surface area contributed by atoms with Gasteiger partial charge in [-0.3, -0.25) is 4.79 Å². The van der Waals surface area contributed by atoms with Crippen molar-refractivity contribution in [3.63, 3.8) is 0 Å². The summed E-state index contributed by atoms with van der Waals surface area (Å²) in [6.07, 6.45) is 0. The predicted octanol–water partition coefficient (Wildman–Crippen LogP) is 1.31. The third kappa shape index (κ3) is 2.53. The minimum Gasteiger partial charge on any atom is -0.397 e.